The lowest BCUT2D eigenvalue weighted by Gasteiger charge is -2.30. The Morgan fingerprint density at radius 3 is 2.96 bits per heavy atom. The summed E-state index contributed by atoms with van der Waals surface area (Å²) in [6, 6.07) is 1.67. The number of amides is 2. The second-order valence-corrected chi connectivity index (χ2v) is 6.27. The first-order chi connectivity index (χ1) is 11.9. The number of carbonyl (C=O) groups excluding carboxylic acids is 2. The van der Waals surface area contributed by atoms with Crippen LogP contribution in [0.2, 0.25) is 0 Å². The molecule has 134 valence electrons. The van der Waals surface area contributed by atoms with Gasteiger partial charge in [0.2, 0.25) is 11.8 Å². The van der Waals surface area contributed by atoms with Gasteiger partial charge in [0.15, 0.2) is 12.1 Å². The van der Waals surface area contributed by atoms with Gasteiger partial charge in [-0.25, -0.2) is 4.68 Å². The summed E-state index contributed by atoms with van der Waals surface area (Å²) in [6.45, 7) is 5.81. The number of hydrogen-bond donors (Lipinski definition) is 3. The summed E-state index contributed by atoms with van der Waals surface area (Å²) in [4.78, 5) is 23.8. The van der Waals surface area contributed by atoms with Crippen molar-refractivity contribution >= 4 is 17.6 Å². The summed E-state index contributed by atoms with van der Waals surface area (Å²) in [5, 5.41) is 17.1. The van der Waals surface area contributed by atoms with Crippen molar-refractivity contribution in [1.82, 2.24) is 25.6 Å². The van der Waals surface area contributed by atoms with Crippen molar-refractivity contribution in [3.63, 3.8) is 0 Å². The molecule has 1 fully saturated rings. The van der Waals surface area contributed by atoms with Gasteiger partial charge < -0.3 is 15.2 Å². The van der Waals surface area contributed by atoms with Crippen LogP contribution < -0.4 is 16.0 Å². The molecule has 3 N–H and O–H groups in total. The van der Waals surface area contributed by atoms with E-state index in [0.29, 0.717) is 25.1 Å². The highest BCUT2D eigenvalue weighted by atomic mass is 16.5. The lowest BCUT2D eigenvalue weighted by molar-refractivity contribution is -0.125. The minimum absolute atomic E-state index is 0.00246. The first-order valence-corrected chi connectivity index (χ1v) is 8.24. The van der Waals surface area contributed by atoms with Crippen LogP contribution in [0.15, 0.2) is 16.9 Å². The molecule has 0 spiro atoms. The van der Waals surface area contributed by atoms with Crippen LogP contribution in [-0.4, -0.2) is 32.8 Å². The third-order valence-corrected chi connectivity index (χ3v) is 4.26. The highest BCUT2D eigenvalue weighted by Gasteiger charge is 2.26. The lowest BCUT2D eigenvalue weighted by Crippen LogP contribution is -2.52. The van der Waals surface area contributed by atoms with E-state index in [1.165, 1.54) is 6.26 Å². The molecule has 2 atom stereocenters. The molecule has 2 aromatic rings. The number of aromatic nitrogens is 3. The highest BCUT2D eigenvalue weighted by Crippen LogP contribution is 2.19. The van der Waals surface area contributed by atoms with Crippen molar-refractivity contribution in [2.24, 2.45) is 0 Å². The molecule has 9 heteroatoms. The van der Waals surface area contributed by atoms with E-state index < -0.39 is 0 Å². The van der Waals surface area contributed by atoms with Gasteiger partial charge in [-0.15, -0.1) is 0 Å². The molecule has 0 radical (unpaired) electrons. The summed E-state index contributed by atoms with van der Waals surface area (Å²) in [6.07, 6.45) is 2.34. The molecule has 1 saturated heterocycles. The van der Waals surface area contributed by atoms with Crippen LogP contribution in [0, 0.1) is 13.8 Å². The first kappa shape index (κ1) is 17.2. The minimum atomic E-state index is -0.368. The molecule has 2 aromatic heterocycles. The maximum Gasteiger partial charge on any atom is 0.225 e. The van der Waals surface area contributed by atoms with Gasteiger partial charge in [0.25, 0.3) is 0 Å². The number of hydrogen-bond acceptors (Lipinski definition) is 6. The van der Waals surface area contributed by atoms with Crippen LogP contribution in [0.1, 0.15) is 43.0 Å². The number of aryl methyl sites for hydroxylation is 1. The molecule has 25 heavy (non-hydrogen) atoms. The number of nitrogens with one attached hydrogen (secondary N) is 3. The molecule has 0 aromatic carbocycles. The second kappa shape index (κ2) is 7.06. The molecule has 2 unspecified atom stereocenters. The maximum absolute atomic E-state index is 12.0. The predicted molar refractivity (Wildman–Crippen MR) is 89.5 cm³/mol. The van der Waals surface area contributed by atoms with E-state index in [0.717, 1.165) is 17.0 Å². The number of anilines is 1. The third kappa shape index (κ3) is 3.87. The average Bonchev–Trinajstić information content (AvgIpc) is 3.13. The summed E-state index contributed by atoms with van der Waals surface area (Å²) in [7, 11) is 0. The van der Waals surface area contributed by atoms with E-state index in [9.17, 15) is 9.59 Å². The first-order valence-electron chi connectivity index (χ1n) is 8.24. The molecular weight excluding hydrogens is 324 g/mol. The topological polar surface area (TPSA) is 114 Å². The second-order valence-electron chi connectivity index (χ2n) is 6.27. The Hall–Kier alpha value is -2.68. The average molecular weight is 346 g/mol. The lowest BCUT2D eigenvalue weighted by atomic mass is 10.1. The quantitative estimate of drug-likeness (QED) is 0.744. The van der Waals surface area contributed by atoms with E-state index in [1.807, 2.05) is 20.8 Å². The fourth-order valence-corrected chi connectivity index (χ4v) is 3.02. The Bertz CT molecular complexity index is 767. The molecule has 0 bridgehead atoms. The van der Waals surface area contributed by atoms with Crippen LogP contribution >= 0.6 is 0 Å². The standard InChI is InChI=1S/C16H22N6O3/c1-9-8-15(24)19-16(17-9)22-11(3)12(10(2)20-22)4-5-14(23)18-13-6-7-25-21-13/h6-7,9,16-17H,4-5,8H2,1-3H3,(H,19,24)(H,18,21,23). The highest BCUT2D eigenvalue weighted by molar-refractivity contribution is 5.89. The molecule has 3 heterocycles. The van der Waals surface area contributed by atoms with Crippen molar-refractivity contribution in [2.45, 2.75) is 52.4 Å². The minimum Gasteiger partial charge on any atom is -0.363 e. The van der Waals surface area contributed by atoms with Crippen molar-refractivity contribution in [3.8, 4) is 0 Å². The van der Waals surface area contributed by atoms with Crippen molar-refractivity contribution in [3.05, 3.63) is 29.3 Å². The Morgan fingerprint density at radius 2 is 2.28 bits per heavy atom. The van der Waals surface area contributed by atoms with Gasteiger partial charge in [0, 0.05) is 30.6 Å². The van der Waals surface area contributed by atoms with Gasteiger partial charge >= 0.3 is 0 Å². The van der Waals surface area contributed by atoms with Gasteiger partial charge in [-0.05, 0) is 32.8 Å². The Balaban J connectivity index is 1.67. The van der Waals surface area contributed by atoms with E-state index in [2.05, 4.69) is 30.7 Å². The van der Waals surface area contributed by atoms with Gasteiger partial charge in [-0.2, -0.15) is 5.10 Å². The van der Waals surface area contributed by atoms with Crippen LogP contribution in [0.5, 0.6) is 0 Å². The van der Waals surface area contributed by atoms with Crippen LogP contribution in [0.4, 0.5) is 5.82 Å². The summed E-state index contributed by atoms with van der Waals surface area (Å²) in [5.74, 6) is 0.257. The smallest absolute Gasteiger partial charge is 0.225 e. The molecule has 0 aliphatic carbocycles. The van der Waals surface area contributed by atoms with Crippen LogP contribution in [0.25, 0.3) is 0 Å². The zero-order valence-electron chi connectivity index (χ0n) is 14.5. The zero-order valence-corrected chi connectivity index (χ0v) is 14.5. The molecule has 1 aliphatic heterocycles. The number of rotatable bonds is 5. The summed E-state index contributed by atoms with van der Waals surface area (Å²) in [5.41, 5.74) is 2.78. The van der Waals surface area contributed by atoms with Gasteiger partial charge in [-0.1, -0.05) is 5.16 Å². The monoisotopic (exact) mass is 346 g/mol. The van der Waals surface area contributed by atoms with Crippen molar-refractivity contribution in [2.75, 3.05) is 5.32 Å². The van der Waals surface area contributed by atoms with E-state index in [-0.39, 0.29) is 24.1 Å². The number of carbonyl (C=O) groups is 2. The van der Waals surface area contributed by atoms with Crippen LogP contribution in [0.3, 0.4) is 0 Å². The van der Waals surface area contributed by atoms with E-state index >= 15 is 0 Å². The van der Waals surface area contributed by atoms with Crippen molar-refractivity contribution in [1.29, 1.82) is 0 Å². The molecule has 2 amide bonds. The normalized spacial score (nSPS) is 20.4. The summed E-state index contributed by atoms with van der Waals surface area (Å²) >= 11 is 0. The number of nitrogens with zero attached hydrogens (tertiary/aromatic N) is 3. The molecule has 9 nitrogen and oxygen atoms in total. The fraction of sp³-hybridized carbons (Fsp3) is 0.500. The third-order valence-electron chi connectivity index (χ3n) is 4.26. The molecule has 1 aliphatic rings. The SMILES string of the molecule is Cc1nn(C2NC(=O)CC(C)N2)c(C)c1CCC(=O)Nc1ccon1. The Labute approximate surface area is 145 Å². The zero-order chi connectivity index (χ0) is 18.0. The Morgan fingerprint density at radius 1 is 1.48 bits per heavy atom. The van der Waals surface area contributed by atoms with Gasteiger partial charge in [0.1, 0.15) is 6.26 Å². The Kier molecular flexibility index (Phi) is 4.84. The molecular formula is C16H22N6O3. The molecule has 0 saturated carbocycles. The maximum atomic E-state index is 12.0. The van der Waals surface area contributed by atoms with Crippen molar-refractivity contribution < 1.29 is 14.1 Å². The predicted octanol–water partition coefficient (Wildman–Crippen LogP) is 1.01. The van der Waals surface area contributed by atoms with Gasteiger partial charge in [0.05, 0.1) is 5.69 Å². The molecule has 3 rings (SSSR count). The van der Waals surface area contributed by atoms with Crippen LogP contribution in [-0.2, 0) is 16.0 Å². The van der Waals surface area contributed by atoms with Gasteiger partial charge in [-0.3, -0.25) is 14.9 Å². The summed E-state index contributed by atoms with van der Waals surface area (Å²) < 4.78 is 6.46. The fourth-order valence-electron chi connectivity index (χ4n) is 3.02. The van der Waals surface area contributed by atoms with E-state index in [4.69, 9.17) is 0 Å². The largest absolute Gasteiger partial charge is 0.363 e. The van der Waals surface area contributed by atoms with E-state index in [1.54, 1.807) is 10.7 Å².